The summed E-state index contributed by atoms with van der Waals surface area (Å²) < 4.78 is 1.96. The Kier molecular flexibility index (Phi) is 5.20. The summed E-state index contributed by atoms with van der Waals surface area (Å²) in [5, 5.41) is 6.01. The van der Waals surface area contributed by atoms with Gasteiger partial charge in [-0.2, -0.15) is 5.10 Å². The molecule has 0 aliphatic carbocycles. The SMILES string of the molecule is Cc1cc(N2CCCN(Cc3ccn(-c4ccccc4)n3)CC2)c2ncccc2c1. The zero-order chi connectivity index (χ0) is 20.3. The largest absolute Gasteiger partial charge is 0.368 e. The number of nitrogens with zero attached hydrogens (tertiary/aromatic N) is 5. The van der Waals surface area contributed by atoms with Gasteiger partial charge in [0.05, 0.1) is 22.6 Å². The number of anilines is 1. The minimum absolute atomic E-state index is 0.889. The van der Waals surface area contributed by atoms with Crippen molar-refractivity contribution in [2.75, 3.05) is 31.1 Å². The van der Waals surface area contributed by atoms with E-state index in [4.69, 9.17) is 5.10 Å². The Morgan fingerprint density at radius 3 is 2.70 bits per heavy atom. The van der Waals surface area contributed by atoms with Crippen LogP contribution in [0.5, 0.6) is 0 Å². The molecule has 2 aromatic heterocycles. The highest BCUT2D eigenvalue weighted by Gasteiger charge is 2.18. The lowest BCUT2D eigenvalue weighted by Gasteiger charge is -2.25. The molecule has 1 aliphatic heterocycles. The summed E-state index contributed by atoms with van der Waals surface area (Å²) in [6.07, 6.45) is 5.09. The van der Waals surface area contributed by atoms with E-state index in [1.807, 2.05) is 35.1 Å². The smallest absolute Gasteiger partial charge is 0.0935 e. The van der Waals surface area contributed by atoms with E-state index in [1.54, 1.807) is 0 Å². The van der Waals surface area contributed by atoms with Crippen LogP contribution < -0.4 is 4.90 Å². The third-order valence-electron chi connectivity index (χ3n) is 5.81. The van der Waals surface area contributed by atoms with Crippen LogP contribution in [0.4, 0.5) is 5.69 Å². The van der Waals surface area contributed by atoms with Crippen molar-refractivity contribution in [3.8, 4) is 5.69 Å². The van der Waals surface area contributed by atoms with E-state index >= 15 is 0 Å². The molecule has 0 spiro atoms. The molecule has 0 unspecified atom stereocenters. The van der Waals surface area contributed by atoms with E-state index in [1.165, 1.54) is 16.6 Å². The Bertz CT molecular complexity index is 1130. The molecule has 5 nitrogen and oxygen atoms in total. The second-order valence-corrected chi connectivity index (χ2v) is 8.06. The Balaban J connectivity index is 1.29. The van der Waals surface area contributed by atoms with Crippen LogP contribution in [0.1, 0.15) is 17.7 Å². The third kappa shape index (κ3) is 3.94. The number of fused-ring (bicyclic) bond motifs is 1. The van der Waals surface area contributed by atoms with Crippen LogP contribution in [0, 0.1) is 6.92 Å². The first-order valence-electron chi connectivity index (χ1n) is 10.7. The predicted molar refractivity (Wildman–Crippen MR) is 122 cm³/mol. The van der Waals surface area contributed by atoms with Crippen molar-refractivity contribution >= 4 is 16.6 Å². The number of aryl methyl sites for hydroxylation is 1. The average molecular weight is 398 g/mol. The zero-order valence-corrected chi connectivity index (χ0v) is 17.4. The van der Waals surface area contributed by atoms with Gasteiger partial charge in [0.15, 0.2) is 0 Å². The molecule has 5 rings (SSSR count). The topological polar surface area (TPSA) is 37.2 Å². The fraction of sp³-hybridized carbons (Fsp3) is 0.280. The standard InChI is InChI=1S/C25H27N5/c1-20-17-21-7-5-11-26-25(21)24(18-20)29-13-6-12-28(15-16-29)19-22-10-14-30(27-22)23-8-3-2-4-9-23/h2-5,7-11,14,17-18H,6,12-13,15-16,19H2,1H3. The summed E-state index contributed by atoms with van der Waals surface area (Å²) in [4.78, 5) is 9.70. The van der Waals surface area contributed by atoms with Crippen molar-refractivity contribution in [2.24, 2.45) is 0 Å². The molecule has 0 bridgehead atoms. The van der Waals surface area contributed by atoms with Crippen LogP contribution in [0.25, 0.3) is 16.6 Å². The molecule has 30 heavy (non-hydrogen) atoms. The Morgan fingerprint density at radius 1 is 0.900 bits per heavy atom. The van der Waals surface area contributed by atoms with Gasteiger partial charge in [0.2, 0.25) is 0 Å². The van der Waals surface area contributed by atoms with Gasteiger partial charge in [0.1, 0.15) is 0 Å². The molecule has 0 N–H and O–H groups in total. The summed E-state index contributed by atoms with van der Waals surface area (Å²) in [6, 6.07) is 21.1. The Hall–Kier alpha value is -3.18. The zero-order valence-electron chi connectivity index (χ0n) is 17.4. The molecule has 0 radical (unpaired) electrons. The molecular weight excluding hydrogens is 370 g/mol. The van der Waals surface area contributed by atoms with Crippen LogP contribution >= 0.6 is 0 Å². The van der Waals surface area contributed by atoms with Gasteiger partial charge in [0.25, 0.3) is 0 Å². The van der Waals surface area contributed by atoms with Gasteiger partial charge >= 0.3 is 0 Å². The molecule has 3 heterocycles. The lowest BCUT2D eigenvalue weighted by atomic mass is 10.1. The normalized spacial score (nSPS) is 15.4. The molecule has 152 valence electrons. The van der Waals surface area contributed by atoms with Crippen LogP contribution in [0.15, 0.2) is 73.1 Å². The molecule has 0 atom stereocenters. The molecule has 2 aromatic carbocycles. The van der Waals surface area contributed by atoms with Gasteiger partial charge in [0, 0.05) is 50.5 Å². The van der Waals surface area contributed by atoms with Gasteiger partial charge in [-0.05, 0) is 55.3 Å². The van der Waals surface area contributed by atoms with Crippen LogP contribution in [0.3, 0.4) is 0 Å². The summed E-state index contributed by atoms with van der Waals surface area (Å²) >= 11 is 0. The van der Waals surface area contributed by atoms with Gasteiger partial charge in [-0.3, -0.25) is 9.88 Å². The molecule has 1 saturated heterocycles. The van der Waals surface area contributed by atoms with Crippen molar-refractivity contribution in [1.82, 2.24) is 19.7 Å². The first-order valence-corrected chi connectivity index (χ1v) is 10.7. The summed E-state index contributed by atoms with van der Waals surface area (Å²) in [7, 11) is 0. The minimum Gasteiger partial charge on any atom is -0.368 e. The first-order chi connectivity index (χ1) is 14.8. The molecule has 4 aromatic rings. The predicted octanol–water partition coefficient (Wildman–Crippen LogP) is 4.44. The molecule has 0 saturated carbocycles. The van der Waals surface area contributed by atoms with E-state index in [-0.39, 0.29) is 0 Å². The van der Waals surface area contributed by atoms with Crippen molar-refractivity contribution in [3.05, 3.63) is 84.3 Å². The Morgan fingerprint density at radius 2 is 1.80 bits per heavy atom. The van der Waals surface area contributed by atoms with Gasteiger partial charge in [-0.25, -0.2) is 4.68 Å². The van der Waals surface area contributed by atoms with Crippen LogP contribution in [-0.4, -0.2) is 45.8 Å². The monoisotopic (exact) mass is 397 g/mol. The maximum absolute atomic E-state index is 4.79. The van der Waals surface area contributed by atoms with Crippen molar-refractivity contribution in [2.45, 2.75) is 19.9 Å². The van der Waals surface area contributed by atoms with Gasteiger partial charge in [-0.15, -0.1) is 0 Å². The fourth-order valence-electron chi connectivity index (χ4n) is 4.33. The van der Waals surface area contributed by atoms with Crippen molar-refractivity contribution in [1.29, 1.82) is 0 Å². The highest BCUT2D eigenvalue weighted by atomic mass is 15.3. The fourth-order valence-corrected chi connectivity index (χ4v) is 4.33. The second kappa shape index (κ2) is 8.28. The van der Waals surface area contributed by atoms with Crippen LogP contribution in [-0.2, 0) is 6.54 Å². The van der Waals surface area contributed by atoms with Gasteiger partial charge < -0.3 is 4.90 Å². The third-order valence-corrected chi connectivity index (χ3v) is 5.81. The molecule has 5 heteroatoms. The quantitative estimate of drug-likeness (QED) is 0.510. The number of rotatable bonds is 4. The summed E-state index contributed by atoms with van der Waals surface area (Å²) in [6.45, 7) is 7.24. The number of benzene rings is 2. The van der Waals surface area contributed by atoms with E-state index in [0.717, 1.165) is 56.0 Å². The lowest BCUT2D eigenvalue weighted by Crippen LogP contribution is -2.30. The molecular formula is C25H27N5. The first kappa shape index (κ1) is 18.8. The van der Waals surface area contributed by atoms with Crippen molar-refractivity contribution in [3.63, 3.8) is 0 Å². The van der Waals surface area contributed by atoms with Gasteiger partial charge in [-0.1, -0.05) is 24.3 Å². The average Bonchev–Trinajstić information content (AvgIpc) is 3.12. The summed E-state index contributed by atoms with van der Waals surface area (Å²) in [5.41, 5.74) is 5.89. The maximum atomic E-state index is 4.79. The van der Waals surface area contributed by atoms with E-state index in [2.05, 4.69) is 64.3 Å². The summed E-state index contributed by atoms with van der Waals surface area (Å²) in [5.74, 6) is 0. The number of hydrogen-bond donors (Lipinski definition) is 0. The van der Waals surface area contributed by atoms with E-state index in [9.17, 15) is 0 Å². The van der Waals surface area contributed by atoms with Crippen molar-refractivity contribution < 1.29 is 0 Å². The molecule has 0 amide bonds. The second-order valence-electron chi connectivity index (χ2n) is 8.06. The number of hydrogen-bond acceptors (Lipinski definition) is 4. The number of pyridine rings is 1. The molecule has 1 fully saturated rings. The lowest BCUT2D eigenvalue weighted by molar-refractivity contribution is 0.281. The van der Waals surface area contributed by atoms with Crippen LogP contribution in [0.2, 0.25) is 0 Å². The highest BCUT2D eigenvalue weighted by molar-refractivity contribution is 5.91. The number of para-hydroxylation sites is 1. The van der Waals surface area contributed by atoms with E-state index < -0.39 is 0 Å². The maximum Gasteiger partial charge on any atom is 0.0935 e. The highest BCUT2D eigenvalue weighted by Crippen LogP contribution is 2.28. The van der Waals surface area contributed by atoms with E-state index in [0.29, 0.717) is 0 Å². The minimum atomic E-state index is 0.889. The Labute approximate surface area is 177 Å². The molecule has 1 aliphatic rings. The number of aromatic nitrogens is 3.